The highest BCUT2D eigenvalue weighted by Crippen LogP contribution is 2.15. The van der Waals surface area contributed by atoms with Gasteiger partial charge in [-0.05, 0) is 32.2 Å². The van der Waals surface area contributed by atoms with Gasteiger partial charge in [-0.15, -0.1) is 11.3 Å². The standard InChI is InChI=1S/C14H25N3OS/c1-2-4-14-16-13(11-19-14)10-17(7-8-18)9-12-5-3-6-15-12/h11-12,15,18H,2-10H2,1H3. The van der Waals surface area contributed by atoms with E-state index in [0.717, 1.165) is 44.7 Å². The van der Waals surface area contributed by atoms with Crippen LogP contribution >= 0.6 is 11.3 Å². The molecule has 1 fully saturated rings. The minimum absolute atomic E-state index is 0.221. The smallest absolute Gasteiger partial charge is 0.0928 e. The van der Waals surface area contributed by atoms with E-state index in [1.54, 1.807) is 11.3 Å². The molecule has 0 aromatic carbocycles. The molecule has 0 bridgehead atoms. The van der Waals surface area contributed by atoms with Crippen molar-refractivity contribution in [3.63, 3.8) is 0 Å². The van der Waals surface area contributed by atoms with Crippen molar-refractivity contribution in [1.29, 1.82) is 0 Å². The number of rotatable bonds is 8. The van der Waals surface area contributed by atoms with Crippen LogP contribution in [0.1, 0.15) is 36.9 Å². The van der Waals surface area contributed by atoms with Crippen LogP contribution in [0.5, 0.6) is 0 Å². The summed E-state index contributed by atoms with van der Waals surface area (Å²) in [4.78, 5) is 6.98. The molecule has 0 spiro atoms. The Morgan fingerprint density at radius 3 is 3.16 bits per heavy atom. The number of aromatic nitrogens is 1. The molecule has 5 heteroatoms. The highest BCUT2D eigenvalue weighted by Gasteiger charge is 2.18. The molecule has 1 aromatic heterocycles. The lowest BCUT2D eigenvalue weighted by Gasteiger charge is -2.24. The van der Waals surface area contributed by atoms with Gasteiger partial charge in [-0.25, -0.2) is 4.98 Å². The van der Waals surface area contributed by atoms with E-state index in [2.05, 4.69) is 27.5 Å². The molecule has 1 aromatic rings. The summed E-state index contributed by atoms with van der Waals surface area (Å²) in [5.41, 5.74) is 1.15. The minimum atomic E-state index is 0.221. The summed E-state index contributed by atoms with van der Waals surface area (Å²) in [5.74, 6) is 0. The van der Waals surface area contributed by atoms with Crippen LogP contribution in [-0.2, 0) is 13.0 Å². The number of nitrogens with one attached hydrogen (secondary N) is 1. The summed E-state index contributed by atoms with van der Waals surface area (Å²) >= 11 is 1.76. The van der Waals surface area contributed by atoms with E-state index in [4.69, 9.17) is 0 Å². The molecule has 1 atom stereocenters. The topological polar surface area (TPSA) is 48.4 Å². The quantitative estimate of drug-likeness (QED) is 0.761. The van der Waals surface area contributed by atoms with Crippen LogP contribution in [-0.4, -0.2) is 47.3 Å². The Bertz CT molecular complexity index is 363. The second kappa shape index (κ2) is 7.94. The van der Waals surface area contributed by atoms with Crippen molar-refractivity contribution in [3.8, 4) is 0 Å². The fourth-order valence-electron chi connectivity index (χ4n) is 2.58. The summed E-state index contributed by atoms with van der Waals surface area (Å²) in [6, 6.07) is 0.584. The van der Waals surface area contributed by atoms with Gasteiger partial charge in [-0.3, -0.25) is 4.90 Å². The number of thiazole rings is 1. The summed E-state index contributed by atoms with van der Waals surface area (Å²) in [6.07, 6.45) is 4.75. The van der Waals surface area contributed by atoms with Crippen molar-refractivity contribution < 1.29 is 5.11 Å². The maximum absolute atomic E-state index is 9.20. The number of aliphatic hydroxyl groups is 1. The first-order valence-corrected chi connectivity index (χ1v) is 8.19. The van der Waals surface area contributed by atoms with Gasteiger partial charge >= 0.3 is 0 Å². The first-order valence-electron chi connectivity index (χ1n) is 7.31. The summed E-state index contributed by atoms with van der Waals surface area (Å²) in [7, 11) is 0. The molecular weight excluding hydrogens is 258 g/mol. The first kappa shape index (κ1) is 14.9. The van der Waals surface area contributed by atoms with Crippen molar-refractivity contribution >= 4 is 11.3 Å². The Morgan fingerprint density at radius 2 is 2.47 bits per heavy atom. The average molecular weight is 283 g/mol. The van der Waals surface area contributed by atoms with Crippen molar-refractivity contribution in [1.82, 2.24) is 15.2 Å². The molecule has 2 rings (SSSR count). The Kier molecular flexibility index (Phi) is 6.23. The molecule has 108 valence electrons. The van der Waals surface area contributed by atoms with Gasteiger partial charge in [-0.2, -0.15) is 0 Å². The van der Waals surface area contributed by atoms with Crippen LogP contribution in [0.3, 0.4) is 0 Å². The third-order valence-electron chi connectivity index (χ3n) is 3.51. The van der Waals surface area contributed by atoms with Crippen LogP contribution in [0, 0.1) is 0 Å². The lowest BCUT2D eigenvalue weighted by molar-refractivity contribution is 0.178. The monoisotopic (exact) mass is 283 g/mol. The summed E-state index contributed by atoms with van der Waals surface area (Å²) in [5, 5.41) is 16.1. The zero-order chi connectivity index (χ0) is 13.5. The molecular formula is C14H25N3OS. The molecule has 1 aliphatic heterocycles. The van der Waals surface area contributed by atoms with Gasteiger partial charge in [0, 0.05) is 31.1 Å². The predicted octanol–water partition coefficient (Wildman–Crippen LogP) is 1.64. The summed E-state index contributed by atoms with van der Waals surface area (Å²) in [6.45, 7) is 6.15. The third-order valence-corrected chi connectivity index (χ3v) is 4.46. The first-order chi connectivity index (χ1) is 9.31. The zero-order valence-corrected chi connectivity index (χ0v) is 12.6. The van der Waals surface area contributed by atoms with E-state index in [1.807, 2.05) is 0 Å². The van der Waals surface area contributed by atoms with Gasteiger partial charge in [0.15, 0.2) is 0 Å². The molecule has 1 saturated heterocycles. The maximum Gasteiger partial charge on any atom is 0.0928 e. The van der Waals surface area contributed by atoms with Gasteiger partial charge < -0.3 is 10.4 Å². The van der Waals surface area contributed by atoms with E-state index in [0.29, 0.717) is 6.04 Å². The fraction of sp³-hybridized carbons (Fsp3) is 0.786. The second-order valence-corrected chi connectivity index (χ2v) is 6.18. The maximum atomic E-state index is 9.20. The molecule has 0 saturated carbocycles. The average Bonchev–Trinajstić information content (AvgIpc) is 3.02. The zero-order valence-electron chi connectivity index (χ0n) is 11.8. The van der Waals surface area contributed by atoms with Gasteiger partial charge in [0.05, 0.1) is 17.3 Å². The van der Waals surface area contributed by atoms with Crippen LogP contribution in [0.15, 0.2) is 5.38 Å². The van der Waals surface area contributed by atoms with E-state index in [9.17, 15) is 5.11 Å². The lowest BCUT2D eigenvalue weighted by Crippen LogP contribution is -2.38. The highest BCUT2D eigenvalue weighted by atomic mass is 32.1. The van der Waals surface area contributed by atoms with Crippen LogP contribution < -0.4 is 5.32 Å². The van der Waals surface area contributed by atoms with Crippen molar-refractivity contribution in [2.45, 2.75) is 45.2 Å². The predicted molar refractivity (Wildman–Crippen MR) is 79.5 cm³/mol. The van der Waals surface area contributed by atoms with Crippen LogP contribution in [0.4, 0.5) is 0 Å². The van der Waals surface area contributed by atoms with E-state index in [1.165, 1.54) is 17.8 Å². The molecule has 1 unspecified atom stereocenters. The Labute approximate surface area is 119 Å². The Hall–Kier alpha value is -0.490. The second-order valence-electron chi connectivity index (χ2n) is 5.23. The lowest BCUT2D eigenvalue weighted by atomic mass is 10.2. The SMILES string of the molecule is CCCc1nc(CN(CCO)CC2CCCN2)cs1. The van der Waals surface area contributed by atoms with E-state index in [-0.39, 0.29) is 6.61 Å². The Balaban J connectivity index is 1.86. The van der Waals surface area contributed by atoms with Gasteiger partial charge in [0.1, 0.15) is 0 Å². The molecule has 0 amide bonds. The largest absolute Gasteiger partial charge is 0.395 e. The van der Waals surface area contributed by atoms with Gasteiger partial charge in [-0.1, -0.05) is 6.92 Å². The van der Waals surface area contributed by atoms with Crippen molar-refractivity contribution in [2.75, 3.05) is 26.2 Å². The molecule has 19 heavy (non-hydrogen) atoms. The number of aryl methyl sites for hydroxylation is 1. The third kappa shape index (κ3) is 4.84. The van der Waals surface area contributed by atoms with Crippen molar-refractivity contribution in [3.05, 3.63) is 16.1 Å². The number of aliphatic hydroxyl groups excluding tert-OH is 1. The Morgan fingerprint density at radius 1 is 1.58 bits per heavy atom. The highest BCUT2D eigenvalue weighted by molar-refractivity contribution is 7.09. The number of nitrogens with zero attached hydrogens (tertiary/aromatic N) is 2. The van der Waals surface area contributed by atoms with Gasteiger partial charge in [0.25, 0.3) is 0 Å². The molecule has 0 aliphatic carbocycles. The molecule has 4 nitrogen and oxygen atoms in total. The molecule has 1 aliphatic rings. The van der Waals surface area contributed by atoms with Gasteiger partial charge in [0.2, 0.25) is 0 Å². The number of hydrogen-bond donors (Lipinski definition) is 2. The number of hydrogen-bond acceptors (Lipinski definition) is 5. The summed E-state index contributed by atoms with van der Waals surface area (Å²) < 4.78 is 0. The van der Waals surface area contributed by atoms with E-state index < -0.39 is 0 Å². The molecule has 0 radical (unpaired) electrons. The van der Waals surface area contributed by atoms with Crippen LogP contribution in [0.2, 0.25) is 0 Å². The van der Waals surface area contributed by atoms with E-state index >= 15 is 0 Å². The normalized spacial score (nSPS) is 19.4. The fourth-order valence-corrected chi connectivity index (χ4v) is 3.47. The van der Waals surface area contributed by atoms with Crippen molar-refractivity contribution in [2.24, 2.45) is 0 Å². The minimum Gasteiger partial charge on any atom is -0.395 e. The van der Waals surface area contributed by atoms with Crippen LogP contribution in [0.25, 0.3) is 0 Å². The molecule has 2 heterocycles. The molecule has 2 N–H and O–H groups in total.